The van der Waals surface area contributed by atoms with Crippen molar-refractivity contribution in [2.24, 2.45) is 0 Å². The maximum absolute atomic E-state index is 12.1. The Labute approximate surface area is 155 Å². The van der Waals surface area contributed by atoms with Crippen molar-refractivity contribution in [3.63, 3.8) is 0 Å². The number of hydrogen-bond donors (Lipinski definition) is 1. The van der Waals surface area contributed by atoms with Crippen molar-refractivity contribution in [1.82, 2.24) is 10.1 Å². The zero-order valence-electron chi connectivity index (χ0n) is 15.5. The molecule has 6 nitrogen and oxygen atoms in total. The Bertz CT molecular complexity index is 690. The average Bonchev–Trinajstić information content (AvgIpc) is 3.11. The molecule has 0 atom stereocenters. The van der Waals surface area contributed by atoms with Crippen LogP contribution in [-0.2, 0) is 17.6 Å². The van der Waals surface area contributed by atoms with E-state index in [4.69, 9.17) is 4.52 Å². The average molecular weight is 356 g/mol. The molecule has 1 N–H and O–H groups in total. The number of aromatic nitrogens is 2. The highest BCUT2D eigenvalue weighted by Crippen LogP contribution is 2.22. The van der Waals surface area contributed by atoms with E-state index in [1.54, 1.807) is 0 Å². The summed E-state index contributed by atoms with van der Waals surface area (Å²) in [5.41, 5.74) is 2.08. The van der Waals surface area contributed by atoms with Crippen molar-refractivity contribution < 1.29 is 9.32 Å². The van der Waals surface area contributed by atoms with E-state index in [0.717, 1.165) is 37.4 Å². The minimum absolute atomic E-state index is 0.0176. The normalized spacial score (nSPS) is 14.4. The summed E-state index contributed by atoms with van der Waals surface area (Å²) < 4.78 is 5.19. The molecule has 1 aromatic heterocycles. The zero-order valence-corrected chi connectivity index (χ0v) is 15.5. The molecule has 3 rings (SSSR count). The minimum Gasteiger partial charge on any atom is -0.372 e. The van der Waals surface area contributed by atoms with Crippen LogP contribution in [0.3, 0.4) is 0 Å². The third-order valence-corrected chi connectivity index (χ3v) is 4.65. The lowest BCUT2D eigenvalue weighted by Crippen LogP contribution is -2.29. The number of carbonyl (C=O) groups is 1. The predicted molar refractivity (Wildman–Crippen MR) is 102 cm³/mol. The molecule has 2 heterocycles. The molecule has 1 amide bonds. The smallest absolute Gasteiger partial charge is 0.226 e. The van der Waals surface area contributed by atoms with E-state index in [0.29, 0.717) is 25.2 Å². The molecule has 1 fully saturated rings. The van der Waals surface area contributed by atoms with Gasteiger partial charge in [-0.1, -0.05) is 12.1 Å². The number of carbonyl (C=O) groups excluding carboxylic acids is 1. The first kappa shape index (κ1) is 18.4. The van der Waals surface area contributed by atoms with Crippen molar-refractivity contribution in [1.29, 1.82) is 0 Å². The number of hydrogen-bond acceptors (Lipinski definition) is 5. The monoisotopic (exact) mass is 356 g/mol. The van der Waals surface area contributed by atoms with E-state index in [-0.39, 0.29) is 5.91 Å². The molecule has 1 aliphatic heterocycles. The Morgan fingerprint density at radius 1 is 1.15 bits per heavy atom. The summed E-state index contributed by atoms with van der Waals surface area (Å²) in [5.74, 6) is 1.39. The number of amides is 1. The van der Waals surface area contributed by atoms with E-state index in [1.165, 1.54) is 24.9 Å². The number of anilines is 2. The van der Waals surface area contributed by atoms with E-state index < -0.39 is 0 Å². The molecule has 6 heteroatoms. The Hall–Kier alpha value is -2.37. The third kappa shape index (κ3) is 5.31. The summed E-state index contributed by atoms with van der Waals surface area (Å²) in [6.45, 7) is 4.34. The largest absolute Gasteiger partial charge is 0.372 e. The molecular weight excluding hydrogens is 328 g/mol. The van der Waals surface area contributed by atoms with E-state index in [2.05, 4.69) is 39.4 Å². The van der Waals surface area contributed by atoms with Gasteiger partial charge in [0.25, 0.3) is 0 Å². The second kappa shape index (κ2) is 9.36. The molecule has 0 radical (unpaired) electrons. The number of piperidine rings is 1. The first-order valence-corrected chi connectivity index (χ1v) is 9.71. The quantitative estimate of drug-likeness (QED) is 0.775. The molecule has 2 aromatic rings. The van der Waals surface area contributed by atoms with Gasteiger partial charge in [-0.25, -0.2) is 0 Å². The topological polar surface area (TPSA) is 71.3 Å². The van der Waals surface area contributed by atoms with Crippen LogP contribution < -0.4 is 10.2 Å². The number of benzene rings is 1. The number of nitrogens with zero attached hydrogens (tertiary/aromatic N) is 3. The van der Waals surface area contributed by atoms with Gasteiger partial charge in [-0.15, -0.1) is 0 Å². The molecule has 1 aliphatic rings. The Morgan fingerprint density at radius 2 is 1.92 bits per heavy atom. The summed E-state index contributed by atoms with van der Waals surface area (Å²) in [6.07, 6.45) is 7.46. The SMILES string of the molecule is CCCc1noc(CCCC(=O)Nc2ccc(N3CCCCC3)cc2)n1. The van der Waals surface area contributed by atoms with Gasteiger partial charge in [-0.05, 0) is 56.4 Å². The fraction of sp³-hybridized carbons (Fsp3) is 0.550. The highest BCUT2D eigenvalue weighted by molar-refractivity contribution is 5.90. The lowest BCUT2D eigenvalue weighted by molar-refractivity contribution is -0.116. The highest BCUT2D eigenvalue weighted by atomic mass is 16.5. The van der Waals surface area contributed by atoms with Crippen LogP contribution >= 0.6 is 0 Å². The molecule has 0 aliphatic carbocycles. The fourth-order valence-corrected chi connectivity index (χ4v) is 3.25. The van der Waals surface area contributed by atoms with Crippen molar-refractivity contribution in [2.45, 2.75) is 58.3 Å². The Kier molecular flexibility index (Phi) is 6.63. The van der Waals surface area contributed by atoms with Crippen molar-refractivity contribution in [2.75, 3.05) is 23.3 Å². The summed E-state index contributed by atoms with van der Waals surface area (Å²) in [5, 5.41) is 6.89. The summed E-state index contributed by atoms with van der Waals surface area (Å²) in [4.78, 5) is 18.8. The molecule has 140 valence electrons. The lowest BCUT2D eigenvalue weighted by Gasteiger charge is -2.28. The van der Waals surface area contributed by atoms with Crippen LogP contribution in [0.4, 0.5) is 11.4 Å². The van der Waals surface area contributed by atoms with Gasteiger partial charge in [0.05, 0.1) is 0 Å². The van der Waals surface area contributed by atoms with Crippen LogP contribution in [0, 0.1) is 0 Å². The van der Waals surface area contributed by atoms with Gasteiger partial charge < -0.3 is 14.7 Å². The van der Waals surface area contributed by atoms with Gasteiger partial charge in [0.1, 0.15) is 0 Å². The van der Waals surface area contributed by atoms with Gasteiger partial charge in [0.2, 0.25) is 11.8 Å². The van der Waals surface area contributed by atoms with E-state index in [9.17, 15) is 4.79 Å². The maximum atomic E-state index is 12.1. The number of rotatable bonds is 8. The predicted octanol–water partition coefficient (Wildman–Crippen LogP) is 3.97. The van der Waals surface area contributed by atoms with E-state index >= 15 is 0 Å². The number of nitrogens with one attached hydrogen (secondary N) is 1. The van der Waals surface area contributed by atoms with Crippen molar-refractivity contribution >= 4 is 17.3 Å². The zero-order chi connectivity index (χ0) is 18.2. The second-order valence-corrected chi connectivity index (χ2v) is 6.85. The fourth-order valence-electron chi connectivity index (χ4n) is 3.25. The maximum Gasteiger partial charge on any atom is 0.226 e. The van der Waals surface area contributed by atoms with Crippen LogP contribution in [0.5, 0.6) is 0 Å². The second-order valence-electron chi connectivity index (χ2n) is 6.85. The van der Waals surface area contributed by atoms with Crippen LogP contribution in [0.25, 0.3) is 0 Å². The summed E-state index contributed by atoms with van der Waals surface area (Å²) in [7, 11) is 0. The molecular formula is C20H28N4O2. The molecule has 0 spiro atoms. The van der Waals surface area contributed by atoms with Gasteiger partial charge in [0, 0.05) is 43.7 Å². The molecule has 1 aromatic carbocycles. The number of aryl methyl sites for hydroxylation is 2. The van der Waals surface area contributed by atoms with Crippen molar-refractivity contribution in [3.05, 3.63) is 36.0 Å². The van der Waals surface area contributed by atoms with Crippen LogP contribution in [0.15, 0.2) is 28.8 Å². The first-order valence-electron chi connectivity index (χ1n) is 9.71. The standard InChI is InChI=1S/C20H28N4O2/c1-2-7-18-22-20(26-23-18)9-6-8-19(25)21-16-10-12-17(13-11-16)24-14-4-3-5-15-24/h10-13H,2-9,14-15H2,1H3,(H,21,25). The third-order valence-electron chi connectivity index (χ3n) is 4.65. The molecule has 1 saturated heterocycles. The van der Waals surface area contributed by atoms with Gasteiger partial charge >= 0.3 is 0 Å². The summed E-state index contributed by atoms with van der Waals surface area (Å²) in [6, 6.07) is 8.15. The Balaban J connectivity index is 1.41. The first-order chi connectivity index (χ1) is 12.7. The molecule has 0 unspecified atom stereocenters. The van der Waals surface area contributed by atoms with Gasteiger partial charge in [-0.2, -0.15) is 4.98 Å². The van der Waals surface area contributed by atoms with Crippen LogP contribution in [0.2, 0.25) is 0 Å². The highest BCUT2D eigenvalue weighted by Gasteiger charge is 2.11. The van der Waals surface area contributed by atoms with Crippen LogP contribution in [0.1, 0.15) is 57.2 Å². The van der Waals surface area contributed by atoms with Crippen LogP contribution in [-0.4, -0.2) is 29.1 Å². The van der Waals surface area contributed by atoms with Gasteiger partial charge in [-0.3, -0.25) is 4.79 Å². The molecule has 26 heavy (non-hydrogen) atoms. The molecule has 0 bridgehead atoms. The molecule has 0 saturated carbocycles. The Morgan fingerprint density at radius 3 is 2.65 bits per heavy atom. The van der Waals surface area contributed by atoms with Crippen molar-refractivity contribution in [3.8, 4) is 0 Å². The lowest BCUT2D eigenvalue weighted by atomic mass is 10.1. The van der Waals surface area contributed by atoms with Gasteiger partial charge in [0.15, 0.2) is 5.82 Å². The minimum atomic E-state index is 0.0176. The summed E-state index contributed by atoms with van der Waals surface area (Å²) >= 11 is 0. The van der Waals surface area contributed by atoms with E-state index in [1.807, 2.05) is 12.1 Å².